The fourth-order valence-electron chi connectivity index (χ4n) is 4.85. The third-order valence-electron chi connectivity index (χ3n) is 7.75. The molecule has 2 aliphatic rings. The first kappa shape index (κ1) is 32.0. The fraction of sp³-hybridized carbons (Fsp3) is 0.548. The maximum absolute atomic E-state index is 14.4. The molecule has 3 heterocycles. The van der Waals surface area contributed by atoms with Crippen LogP contribution in [0.25, 0.3) is 5.69 Å². The number of carbonyl (C=O) groups excluding carboxylic acids is 4. The predicted octanol–water partition coefficient (Wildman–Crippen LogP) is 2.38. The summed E-state index contributed by atoms with van der Waals surface area (Å²) < 4.78 is 18.6. The zero-order valence-corrected chi connectivity index (χ0v) is 26.2. The van der Waals surface area contributed by atoms with Crippen molar-refractivity contribution in [3.8, 4) is 22.9 Å². The number of ether oxygens (including phenoxy) is 3. The number of esters is 2. The molecule has 2 amide bonds. The van der Waals surface area contributed by atoms with Gasteiger partial charge in [0, 0.05) is 58.0 Å². The highest BCUT2D eigenvalue weighted by Crippen LogP contribution is 2.43. The summed E-state index contributed by atoms with van der Waals surface area (Å²) in [4.78, 5) is 62.6. The van der Waals surface area contributed by atoms with Gasteiger partial charge >= 0.3 is 11.9 Å². The summed E-state index contributed by atoms with van der Waals surface area (Å²) in [5.41, 5.74) is 0.352. The molecule has 12 heteroatoms. The lowest BCUT2D eigenvalue weighted by molar-refractivity contribution is -0.140. The largest absolute Gasteiger partial charge is 0.497 e. The molecule has 2 aromatic rings. The van der Waals surface area contributed by atoms with Crippen LogP contribution in [0, 0.1) is 11.8 Å². The Morgan fingerprint density at radius 2 is 1.00 bits per heavy atom. The average molecular weight is 598 g/mol. The van der Waals surface area contributed by atoms with Crippen LogP contribution in [0.15, 0.2) is 24.3 Å². The topological polar surface area (TPSA) is 114 Å². The van der Waals surface area contributed by atoms with Crippen molar-refractivity contribution in [1.29, 1.82) is 0 Å². The third-order valence-corrected chi connectivity index (χ3v) is 7.75. The molecule has 0 spiro atoms. The van der Waals surface area contributed by atoms with Gasteiger partial charge in [-0.3, -0.25) is 23.7 Å². The van der Waals surface area contributed by atoms with Crippen molar-refractivity contribution in [3.05, 3.63) is 35.7 Å². The lowest BCUT2D eigenvalue weighted by Gasteiger charge is -2.33. The van der Waals surface area contributed by atoms with Gasteiger partial charge in [-0.1, -0.05) is 27.7 Å². The van der Waals surface area contributed by atoms with Gasteiger partial charge in [0.05, 0.1) is 18.9 Å². The first-order valence-corrected chi connectivity index (χ1v) is 14.7. The molecule has 2 aliphatic heterocycles. The van der Waals surface area contributed by atoms with Crippen LogP contribution < -0.4 is 14.2 Å². The van der Waals surface area contributed by atoms with E-state index in [-0.39, 0.29) is 22.9 Å². The van der Waals surface area contributed by atoms with E-state index in [1.54, 1.807) is 68.9 Å². The SMILES string of the molecule is COc1ccc(-n2c(C(=O)N3CCN(C)CC3)c(OC(=O)C(C)C)c(OC(=O)C(C)C)c2C(=O)N2CCN(C)CC2)cc1. The van der Waals surface area contributed by atoms with Crippen molar-refractivity contribution in [2.45, 2.75) is 27.7 Å². The second-order valence-electron chi connectivity index (χ2n) is 11.7. The number of carbonyl (C=O) groups is 4. The van der Waals surface area contributed by atoms with Gasteiger partial charge in [-0.25, -0.2) is 0 Å². The first-order valence-electron chi connectivity index (χ1n) is 14.7. The van der Waals surface area contributed by atoms with Gasteiger partial charge in [-0.2, -0.15) is 0 Å². The zero-order chi connectivity index (χ0) is 31.4. The molecule has 1 aromatic carbocycles. The standard InChI is InChI=1S/C31H43N5O7/c1-20(2)30(39)42-26-24(28(37)34-16-12-32(5)13-17-34)36(22-8-10-23(41-7)11-9-22)25(27(26)43-31(40)21(3)4)29(38)35-18-14-33(6)15-19-35/h8-11,20-21H,12-19H2,1-7H3. The molecule has 12 nitrogen and oxygen atoms in total. The Morgan fingerprint density at radius 1 is 0.628 bits per heavy atom. The maximum Gasteiger partial charge on any atom is 0.313 e. The predicted molar refractivity (Wildman–Crippen MR) is 160 cm³/mol. The van der Waals surface area contributed by atoms with Crippen molar-refractivity contribution in [2.24, 2.45) is 11.8 Å². The quantitative estimate of drug-likeness (QED) is 0.423. The number of benzene rings is 1. The summed E-state index contributed by atoms with van der Waals surface area (Å²) in [5, 5.41) is 0. The van der Waals surface area contributed by atoms with E-state index in [1.807, 2.05) is 14.1 Å². The molecule has 234 valence electrons. The van der Waals surface area contributed by atoms with E-state index < -0.39 is 35.6 Å². The van der Waals surface area contributed by atoms with Crippen molar-refractivity contribution in [3.63, 3.8) is 0 Å². The zero-order valence-electron chi connectivity index (χ0n) is 26.2. The van der Waals surface area contributed by atoms with Crippen LogP contribution >= 0.6 is 0 Å². The van der Waals surface area contributed by atoms with Crippen LogP contribution in [0.1, 0.15) is 48.7 Å². The van der Waals surface area contributed by atoms with Crippen molar-refractivity contribution < 1.29 is 33.4 Å². The molecular weight excluding hydrogens is 554 g/mol. The van der Waals surface area contributed by atoms with Crippen LogP contribution in [0.4, 0.5) is 0 Å². The fourth-order valence-corrected chi connectivity index (χ4v) is 4.85. The Hall–Kier alpha value is -3.90. The highest BCUT2D eigenvalue weighted by atomic mass is 16.6. The smallest absolute Gasteiger partial charge is 0.313 e. The van der Waals surface area contributed by atoms with Crippen LogP contribution in [-0.4, -0.2) is 121 Å². The molecule has 2 saturated heterocycles. The Kier molecular flexibility index (Phi) is 10.1. The van der Waals surface area contributed by atoms with Crippen LogP contribution in [0.2, 0.25) is 0 Å². The van der Waals surface area contributed by atoms with Crippen molar-refractivity contribution >= 4 is 23.8 Å². The summed E-state index contributed by atoms with van der Waals surface area (Å²) in [7, 11) is 5.50. The molecule has 0 aliphatic carbocycles. The number of piperazine rings is 2. The van der Waals surface area contributed by atoms with Crippen LogP contribution in [-0.2, 0) is 9.59 Å². The summed E-state index contributed by atoms with van der Waals surface area (Å²) >= 11 is 0. The summed E-state index contributed by atoms with van der Waals surface area (Å²) in [6, 6.07) is 6.84. The minimum absolute atomic E-state index is 0.0484. The van der Waals surface area contributed by atoms with Crippen LogP contribution in [0.5, 0.6) is 17.2 Å². The van der Waals surface area contributed by atoms with E-state index >= 15 is 0 Å². The molecule has 4 rings (SSSR count). The van der Waals surface area contributed by atoms with Crippen molar-refractivity contribution in [2.75, 3.05) is 73.6 Å². The summed E-state index contributed by atoms with van der Waals surface area (Å²) in [6.45, 7) is 11.0. The number of rotatable bonds is 8. The summed E-state index contributed by atoms with van der Waals surface area (Å²) in [5.74, 6) is -3.12. The van der Waals surface area contributed by atoms with Gasteiger partial charge in [0.2, 0.25) is 11.5 Å². The first-order chi connectivity index (χ1) is 20.4. The van der Waals surface area contributed by atoms with Gasteiger partial charge in [0.25, 0.3) is 11.8 Å². The highest BCUT2D eigenvalue weighted by Gasteiger charge is 2.40. The van der Waals surface area contributed by atoms with Gasteiger partial charge in [0.1, 0.15) is 5.75 Å². The Labute approximate surface area is 253 Å². The third kappa shape index (κ3) is 7.02. The lowest BCUT2D eigenvalue weighted by atomic mass is 10.2. The molecule has 1 aromatic heterocycles. The molecule has 0 radical (unpaired) electrons. The number of aromatic nitrogens is 1. The molecule has 0 bridgehead atoms. The normalized spacial score (nSPS) is 16.5. The number of methoxy groups -OCH3 is 1. The number of amides is 2. The minimum atomic E-state index is -0.625. The van der Waals surface area contributed by atoms with E-state index in [0.717, 1.165) is 0 Å². The van der Waals surface area contributed by atoms with Gasteiger partial charge in [-0.05, 0) is 38.4 Å². The molecule has 43 heavy (non-hydrogen) atoms. The second kappa shape index (κ2) is 13.6. The number of likely N-dealkylation sites (N-methyl/N-ethyl adjacent to an activating group) is 2. The van der Waals surface area contributed by atoms with E-state index in [0.29, 0.717) is 63.8 Å². The van der Waals surface area contributed by atoms with Crippen LogP contribution in [0.3, 0.4) is 0 Å². The van der Waals surface area contributed by atoms with Gasteiger partial charge in [0.15, 0.2) is 11.4 Å². The minimum Gasteiger partial charge on any atom is -0.497 e. The lowest BCUT2D eigenvalue weighted by Crippen LogP contribution is -2.48. The van der Waals surface area contributed by atoms with E-state index in [9.17, 15) is 19.2 Å². The molecule has 2 fully saturated rings. The van der Waals surface area contributed by atoms with Gasteiger partial charge < -0.3 is 33.8 Å². The molecular formula is C31H43N5O7. The molecule has 0 unspecified atom stereocenters. The Morgan fingerprint density at radius 3 is 1.33 bits per heavy atom. The van der Waals surface area contributed by atoms with Crippen molar-refractivity contribution in [1.82, 2.24) is 24.2 Å². The number of hydrogen-bond donors (Lipinski definition) is 0. The van der Waals surface area contributed by atoms with E-state index in [1.165, 1.54) is 4.57 Å². The molecule has 0 N–H and O–H groups in total. The number of nitrogens with zero attached hydrogens (tertiary/aromatic N) is 5. The highest BCUT2D eigenvalue weighted by molar-refractivity contribution is 6.06. The molecule has 0 saturated carbocycles. The monoisotopic (exact) mass is 597 g/mol. The van der Waals surface area contributed by atoms with E-state index in [4.69, 9.17) is 14.2 Å². The number of hydrogen-bond acceptors (Lipinski definition) is 9. The van der Waals surface area contributed by atoms with Gasteiger partial charge in [-0.15, -0.1) is 0 Å². The summed E-state index contributed by atoms with van der Waals surface area (Å²) in [6.07, 6.45) is 0. The van der Waals surface area contributed by atoms with E-state index in [2.05, 4.69) is 9.80 Å². The average Bonchev–Trinajstić information content (AvgIpc) is 3.30. The Balaban J connectivity index is 2.03. The second-order valence-corrected chi connectivity index (χ2v) is 11.7. The molecule has 0 atom stereocenters. The Bertz CT molecular complexity index is 1260. The maximum atomic E-state index is 14.4.